The Morgan fingerprint density at radius 1 is 1.15 bits per heavy atom. The van der Waals surface area contributed by atoms with E-state index in [-0.39, 0.29) is 6.61 Å². The molecule has 0 aliphatic carbocycles. The number of aromatic nitrogens is 4. The number of imidazole rings is 1. The molecule has 0 radical (unpaired) electrons. The number of hydrogen-bond donors (Lipinski definition) is 3. The molecule has 0 saturated heterocycles. The fourth-order valence-electron chi connectivity index (χ4n) is 2.74. The van der Waals surface area contributed by atoms with Crippen LogP contribution < -0.4 is 10.6 Å². The summed E-state index contributed by atoms with van der Waals surface area (Å²) >= 11 is 0. The van der Waals surface area contributed by atoms with Crippen LogP contribution in [0, 0.1) is 0 Å². The fraction of sp³-hybridized carbons (Fsp3) is 0.450. The summed E-state index contributed by atoms with van der Waals surface area (Å²) in [6.45, 7) is 7.48. The molecule has 0 aliphatic rings. The third-order valence-electron chi connectivity index (χ3n) is 4.36. The van der Waals surface area contributed by atoms with Gasteiger partial charge in [0.1, 0.15) is 0 Å². The number of nitrogens with one attached hydrogen (secondary N) is 2. The molecule has 3 aromatic rings. The first-order chi connectivity index (χ1) is 13.0. The highest BCUT2D eigenvalue weighted by Crippen LogP contribution is 2.23. The lowest BCUT2D eigenvalue weighted by atomic mass is 10.1. The first-order valence-corrected chi connectivity index (χ1v) is 9.42. The molecule has 144 valence electrons. The van der Waals surface area contributed by atoms with E-state index < -0.39 is 5.54 Å². The van der Waals surface area contributed by atoms with E-state index >= 15 is 0 Å². The normalized spacial score (nSPS) is 11.7. The standard InChI is InChI=1S/C20H28N6O/c1-4-5-11-26-14-22-16-17(21-12-15-9-7-6-8-10-15)23-19(24-18(16)26)25-20(2,3)13-27/h6-10,14,27H,4-5,11-13H2,1-3H3,(H2,21,23,24,25). The van der Waals surface area contributed by atoms with Gasteiger partial charge in [-0.3, -0.25) is 0 Å². The molecule has 2 heterocycles. The third-order valence-corrected chi connectivity index (χ3v) is 4.36. The van der Waals surface area contributed by atoms with E-state index in [1.807, 2.05) is 38.4 Å². The maximum Gasteiger partial charge on any atom is 0.227 e. The van der Waals surface area contributed by atoms with Crippen LogP contribution in [0.2, 0.25) is 0 Å². The Labute approximate surface area is 159 Å². The van der Waals surface area contributed by atoms with Gasteiger partial charge in [0.25, 0.3) is 0 Å². The number of hydrogen-bond acceptors (Lipinski definition) is 6. The van der Waals surface area contributed by atoms with Crippen LogP contribution >= 0.6 is 0 Å². The van der Waals surface area contributed by atoms with Crippen LogP contribution in [0.3, 0.4) is 0 Å². The van der Waals surface area contributed by atoms with Crippen molar-refractivity contribution in [3.8, 4) is 0 Å². The van der Waals surface area contributed by atoms with Gasteiger partial charge in [0, 0.05) is 13.1 Å². The lowest BCUT2D eigenvalue weighted by Crippen LogP contribution is -2.35. The molecule has 0 atom stereocenters. The number of nitrogens with zero attached hydrogens (tertiary/aromatic N) is 4. The summed E-state index contributed by atoms with van der Waals surface area (Å²) in [5, 5.41) is 16.2. The lowest BCUT2D eigenvalue weighted by Gasteiger charge is -2.23. The van der Waals surface area contributed by atoms with Gasteiger partial charge in [-0.1, -0.05) is 43.7 Å². The Morgan fingerprint density at radius 3 is 2.63 bits per heavy atom. The minimum absolute atomic E-state index is 0.0176. The summed E-state index contributed by atoms with van der Waals surface area (Å²) in [5.74, 6) is 1.17. The van der Waals surface area contributed by atoms with Crippen molar-refractivity contribution in [2.45, 2.75) is 52.2 Å². The van der Waals surface area contributed by atoms with Crippen molar-refractivity contribution in [3.05, 3.63) is 42.2 Å². The molecular formula is C20H28N6O. The monoisotopic (exact) mass is 368 g/mol. The molecule has 0 aliphatic heterocycles. The molecule has 0 saturated carbocycles. The number of rotatable bonds is 9. The number of benzene rings is 1. The highest BCUT2D eigenvalue weighted by molar-refractivity contribution is 5.84. The fourth-order valence-corrected chi connectivity index (χ4v) is 2.74. The minimum atomic E-state index is -0.515. The van der Waals surface area contributed by atoms with Crippen molar-refractivity contribution in [2.75, 3.05) is 17.2 Å². The summed E-state index contributed by atoms with van der Waals surface area (Å²) in [6, 6.07) is 10.2. The van der Waals surface area contributed by atoms with Crippen molar-refractivity contribution in [1.29, 1.82) is 0 Å². The second-order valence-corrected chi connectivity index (χ2v) is 7.37. The molecule has 0 spiro atoms. The van der Waals surface area contributed by atoms with E-state index in [4.69, 9.17) is 0 Å². The van der Waals surface area contributed by atoms with E-state index in [0.717, 1.165) is 30.6 Å². The van der Waals surface area contributed by atoms with Gasteiger partial charge in [-0.2, -0.15) is 9.97 Å². The Morgan fingerprint density at radius 2 is 1.93 bits per heavy atom. The van der Waals surface area contributed by atoms with Crippen molar-refractivity contribution < 1.29 is 5.11 Å². The summed E-state index contributed by atoms with van der Waals surface area (Å²) in [6.07, 6.45) is 3.99. The quantitative estimate of drug-likeness (QED) is 0.536. The number of aliphatic hydroxyl groups is 1. The highest BCUT2D eigenvalue weighted by Gasteiger charge is 2.20. The van der Waals surface area contributed by atoms with E-state index in [2.05, 4.69) is 49.2 Å². The molecule has 0 bridgehead atoms. The first-order valence-electron chi connectivity index (χ1n) is 9.42. The molecule has 1 aromatic carbocycles. The van der Waals surface area contributed by atoms with Crippen molar-refractivity contribution >= 4 is 22.9 Å². The van der Waals surface area contributed by atoms with E-state index in [0.29, 0.717) is 18.3 Å². The Balaban J connectivity index is 1.94. The number of aliphatic hydroxyl groups excluding tert-OH is 1. The van der Waals surface area contributed by atoms with Gasteiger partial charge in [0.2, 0.25) is 5.95 Å². The summed E-state index contributed by atoms with van der Waals surface area (Å²) in [7, 11) is 0. The third kappa shape index (κ3) is 4.74. The first kappa shape index (κ1) is 19.1. The lowest BCUT2D eigenvalue weighted by molar-refractivity contribution is 0.233. The molecule has 0 unspecified atom stereocenters. The van der Waals surface area contributed by atoms with Crippen LogP contribution in [-0.4, -0.2) is 36.8 Å². The number of anilines is 2. The van der Waals surface area contributed by atoms with Gasteiger partial charge in [0.15, 0.2) is 17.0 Å². The molecule has 0 fully saturated rings. The molecule has 27 heavy (non-hydrogen) atoms. The van der Waals surface area contributed by atoms with Crippen molar-refractivity contribution in [2.24, 2.45) is 0 Å². The van der Waals surface area contributed by atoms with Gasteiger partial charge >= 0.3 is 0 Å². The predicted molar refractivity (Wildman–Crippen MR) is 109 cm³/mol. The van der Waals surface area contributed by atoms with Crippen LogP contribution in [0.4, 0.5) is 11.8 Å². The molecule has 7 nitrogen and oxygen atoms in total. The zero-order valence-electron chi connectivity index (χ0n) is 16.2. The predicted octanol–water partition coefficient (Wildman–Crippen LogP) is 3.42. The summed E-state index contributed by atoms with van der Waals surface area (Å²) in [4.78, 5) is 13.8. The smallest absolute Gasteiger partial charge is 0.227 e. The number of aryl methyl sites for hydroxylation is 1. The summed E-state index contributed by atoms with van der Waals surface area (Å²) in [5.41, 5.74) is 2.21. The Hall–Kier alpha value is -2.67. The van der Waals surface area contributed by atoms with Crippen LogP contribution in [-0.2, 0) is 13.1 Å². The van der Waals surface area contributed by atoms with Gasteiger partial charge in [0.05, 0.1) is 18.5 Å². The van der Waals surface area contributed by atoms with Gasteiger partial charge in [-0.25, -0.2) is 4.98 Å². The summed E-state index contributed by atoms with van der Waals surface area (Å²) < 4.78 is 2.06. The van der Waals surface area contributed by atoms with E-state index in [1.165, 1.54) is 5.56 Å². The Kier molecular flexibility index (Phi) is 5.91. The van der Waals surface area contributed by atoms with Gasteiger partial charge in [-0.05, 0) is 25.8 Å². The highest BCUT2D eigenvalue weighted by atomic mass is 16.3. The van der Waals surface area contributed by atoms with Crippen molar-refractivity contribution in [3.63, 3.8) is 0 Å². The second-order valence-electron chi connectivity index (χ2n) is 7.37. The van der Waals surface area contributed by atoms with Crippen LogP contribution in [0.1, 0.15) is 39.2 Å². The average Bonchev–Trinajstić information content (AvgIpc) is 3.08. The van der Waals surface area contributed by atoms with Gasteiger partial charge in [-0.15, -0.1) is 0 Å². The number of fused-ring (bicyclic) bond motifs is 1. The van der Waals surface area contributed by atoms with Crippen LogP contribution in [0.15, 0.2) is 36.7 Å². The zero-order valence-corrected chi connectivity index (χ0v) is 16.2. The van der Waals surface area contributed by atoms with Crippen molar-refractivity contribution in [1.82, 2.24) is 19.5 Å². The van der Waals surface area contributed by atoms with E-state index in [1.54, 1.807) is 0 Å². The SMILES string of the molecule is CCCCn1cnc2c(NCc3ccccc3)nc(NC(C)(C)CO)nc21. The molecule has 0 amide bonds. The zero-order chi connectivity index (χ0) is 19.3. The maximum absolute atomic E-state index is 9.57. The minimum Gasteiger partial charge on any atom is -0.394 e. The largest absolute Gasteiger partial charge is 0.394 e. The van der Waals surface area contributed by atoms with Crippen LogP contribution in [0.5, 0.6) is 0 Å². The molecule has 3 N–H and O–H groups in total. The molecule has 3 rings (SSSR count). The average molecular weight is 368 g/mol. The Bertz CT molecular complexity index is 875. The van der Waals surface area contributed by atoms with Gasteiger partial charge < -0.3 is 20.3 Å². The topological polar surface area (TPSA) is 87.9 Å². The molecule has 7 heteroatoms. The second kappa shape index (κ2) is 8.35. The molecule has 2 aromatic heterocycles. The maximum atomic E-state index is 9.57. The number of unbranched alkanes of at least 4 members (excludes halogenated alkanes) is 1. The van der Waals surface area contributed by atoms with E-state index in [9.17, 15) is 5.11 Å². The van der Waals surface area contributed by atoms with Crippen LogP contribution in [0.25, 0.3) is 11.2 Å². The molecular weight excluding hydrogens is 340 g/mol.